The molecule has 0 N–H and O–H groups in total. The molecular formula is C35H60O2. The monoisotopic (exact) mass is 512 g/mol. The zero-order valence-corrected chi connectivity index (χ0v) is 25.3. The second-order valence-corrected chi connectivity index (χ2v) is 14.6. The standard InChI is InChI=1S/C35H60O2/c1-6-7-8-9-10-17-33(36)37-25-26(2)14-13-15-27(3)30-20-21-31-29-19-18-28-16-11-12-23-34(28,4)32(29)22-24-35(30,31)5/h25,27-32H,6-24H2,1-5H3/t27-,28?,29+,30-,31+,32+,34+,35-/m1/s1. The number of rotatable bonds is 12. The maximum Gasteiger partial charge on any atom is 0.310 e. The van der Waals surface area contributed by atoms with E-state index in [1.54, 1.807) is 6.26 Å². The predicted molar refractivity (Wildman–Crippen MR) is 156 cm³/mol. The molecule has 0 amide bonds. The number of hydrogen-bond donors (Lipinski definition) is 0. The van der Waals surface area contributed by atoms with E-state index < -0.39 is 0 Å². The van der Waals surface area contributed by atoms with Gasteiger partial charge in [-0.3, -0.25) is 4.79 Å². The summed E-state index contributed by atoms with van der Waals surface area (Å²) in [6.07, 6.45) is 26.8. The van der Waals surface area contributed by atoms with Crippen LogP contribution in [0.4, 0.5) is 0 Å². The maximum atomic E-state index is 12.0. The molecule has 0 bridgehead atoms. The van der Waals surface area contributed by atoms with Crippen LogP contribution in [0.25, 0.3) is 0 Å². The molecular weight excluding hydrogens is 452 g/mol. The molecule has 4 aliphatic rings. The molecule has 0 saturated heterocycles. The van der Waals surface area contributed by atoms with Crippen molar-refractivity contribution in [1.82, 2.24) is 0 Å². The first-order valence-electron chi connectivity index (χ1n) is 16.6. The van der Waals surface area contributed by atoms with Crippen molar-refractivity contribution in [2.45, 2.75) is 157 Å². The molecule has 4 saturated carbocycles. The predicted octanol–water partition coefficient (Wildman–Crippen LogP) is 10.6. The zero-order valence-electron chi connectivity index (χ0n) is 25.3. The molecule has 0 spiro atoms. The largest absolute Gasteiger partial charge is 0.435 e. The molecule has 212 valence electrons. The van der Waals surface area contributed by atoms with Gasteiger partial charge in [-0.05, 0) is 129 Å². The number of unbranched alkanes of at least 4 members (excludes halogenated alkanes) is 4. The number of hydrogen-bond acceptors (Lipinski definition) is 2. The Hall–Kier alpha value is -0.790. The third-order valence-electron chi connectivity index (χ3n) is 12.5. The molecule has 1 unspecified atom stereocenters. The van der Waals surface area contributed by atoms with Crippen LogP contribution in [0, 0.1) is 46.3 Å². The topological polar surface area (TPSA) is 26.3 Å². The minimum Gasteiger partial charge on any atom is -0.435 e. The highest BCUT2D eigenvalue weighted by atomic mass is 16.5. The molecule has 4 fully saturated rings. The van der Waals surface area contributed by atoms with Gasteiger partial charge in [-0.25, -0.2) is 0 Å². The molecule has 0 aromatic rings. The zero-order chi connectivity index (χ0) is 26.5. The Morgan fingerprint density at radius 1 is 0.865 bits per heavy atom. The van der Waals surface area contributed by atoms with Crippen LogP contribution >= 0.6 is 0 Å². The number of fused-ring (bicyclic) bond motifs is 5. The number of esters is 1. The lowest BCUT2D eigenvalue weighted by atomic mass is 9.44. The molecule has 37 heavy (non-hydrogen) atoms. The highest BCUT2D eigenvalue weighted by Crippen LogP contribution is 2.68. The molecule has 2 nitrogen and oxygen atoms in total. The van der Waals surface area contributed by atoms with Gasteiger partial charge < -0.3 is 4.74 Å². The van der Waals surface area contributed by atoms with Crippen LogP contribution in [-0.2, 0) is 9.53 Å². The lowest BCUT2D eigenvalue weighted by Crippen LogP contribution is -2.53. The molecule has 0 aliphatic heterocycles. The number of carbonyl (C=O) groups is 1. The SMILES string of the molecule is CCCCCCCC(=O)OC=C(C)CCC[C@@H](C)[C@H]1CC[C@H]2[C@@H]3CCC4CCCC[C@]4(C)[C@H]3CC[C@]12C. The summed E-state index contributed by atoms with van der Waals surface area (Å²) >= 11 is 0. The van der Waals surface area contributed by atoms with E-state index in [4.69, 9.17) is 4.74 Å². The molecule has 8 atom stereocenters. The van der Waals surface area contributed by atoms with Crippen LogP contribution in [0.1, 0.15) is 157 Å². The van der Waals surface area contributed by atoms with Gasteiger partial charge in [-0.1, -0.05) is 72.6 Å². The van der Waals surface area contributed by atoms with E-state index in [9.17, 15) is 4.79 Å². The van der Waals surface area contributed by atoms with Gasteiger partial charge in [-0.2, -0.15) is 0 Å². The average molecular weight is 513 g/mol. The van der Waals surface area contributed by atoms with Gasteiger partial charge in [0.25, 0.3) is 0 Å². The fraction of sp³-hybridized carbons (Fsp3) is 0.914. The first-order chi connectivity index (χ1) is 17.8. The Kier molecular flexibility index (Phi) is 10.3. The molecule has 4 rings (SSSR count). The van der Waals surface area contributed by atoms with Crippen LogP contribution in [0.5, 0.6) is 0 Å². The summed E-state index contributed by atoms with van der Waals surface area (Å²) in [5.41, 5.74) is 2.46. The number of carbonyl (C=O) groups excluding carboxylic acids is 1. The molecule has 0 heterocycles. The Morgan fingerprint density at radius 2 is 1.65 bits per heavy atom. The van der Waals surface area contributed by atoms with Crippen molar-refractivity contribution in [3.63, 3.8) is 0 Å². The van der Waals surface area contributed by atoms with Gasteiger partial charge in [-0.15, -0.1) is 0 Å². The van der Waals surface area contributed by atoms with Crippen LogP contribution in [-0.4, -0.2) is 5.97 Å². The minimum atomic E-state index is -0.0548. The van der Waals surface area contributed by atoms with E-state index >= 15 is 0 Å². The highest BCUT2D eigenvalue weighted by Gasteiger charge is 2.60. The lowest BCUT2D eigenvalue weighted by molar-refractivity contribution is -0.138. The van der Waals surface area contributed by atoms with Crippen LogP contribution in [0.3, 0.4) is 0 Å². The van der Waals surface area contributed by atoms with Gasteiger partial charge >= 0.3 is 5.97 Å². The Bertz CT molecular complexity index is 769. The molecule has 0 aromatic heterocycles. The fourth-order valence-electron chi connectivity index (χ4n) is 10.3. The van der Waals surface area contributed by atoms with Gasteiger partial charge in [0.05, 0.1) is 6.26 Å². The van der Waals surface area contributed by atoms with Gasteiger partial charge in [0.1, 0.15) is 0 Å². The van der Waals surface area contributed by atoms with Gasteiger partial charge in [0, 0.05) is 6.42 Å². The van der Waals surface area contributed by atoms with Crippen molar-refractivity contribution in [3.05, 3.63) is 11.8 Å². The van der Waals surface area contributed by atoms with E-state index in [1.165, 1.54) is 102 Å². The summed E-state index contributed by atoms with van der Waals surface area (Å²) in [6, 6.07) is 0. The minimum absolute atomic E-state index is 0.0548. The van der Waals surface area contributed by atoms with E-state index in [0.29, 0.717) is 17.3 Å². The van der Waals surface area contributed by atoms with Crippen LogP contribution in [0.2, 0.25) is 0 Å². The average Bonchev–Trinajstić information content (AvgIpc) is 3.24. The van der Waals surface area contributed by atoms with Crippen molar-refractivity contribution < 1.29 is 9.53 Å². The normalized spacial score (nSPS) is 38.4. The summed E-state index contributed by atoms with van der Waals surface area (Å²) in [5, 5.41) is 0. The van der Waals surface area contributed by atoms with Crippen molar-refractivity contribution in [2.75, 3.05) is 0 Å². The smallest absolute Gasteiger partial charge is 0.310 e. The summed E-state index contributed by atoms with van der Waals surface area (Å²) in [6.45, 7) is 12.3. The van der Waals surface area contributed by atoms with Crippen molar-refractivity contribution >= 4 is 5.97 Å². The lowest BCUT2D eigenvalue weighted by Gasteiger charge is -2.61. The third kappa shape index (κ3) is 6.51. The molecule has 2 heteroatoms. The van der Waals surface area contributed by atoms with Crippen LogP contribution in [0.15, 0.2) is 11.8 Å². The van der Waals surface area contributed by atoms with Crippen molar-refractivity contribution in [3.8, 4) is 0 Å². The van der Waals surface area contributed by atoms with E-state index in [0.717, 1.165) is 54.8 Å². The van der Waals surface area contributed by atoms with E-state index in [2.05, 4.69) is 34.6 Å². The third-order valence-corrected chi connectivity index (χ3v) is 12.5. The first-order valence-corrected chi connectivity index (χ1v) is 16.6. The van der Waals surface area contributed by atoms with Crippen molar-refractivity contribution in [2.24, 2.45) is 46.3 Å². The summed E-state index contributed by atoms with van der Waals surface area (Å²) in [5.74, 6) is 5.72. The first kappa shape index (κ1) is 29.2. The number of ether oxygens (including phenoxy) is 1. The summed E-state index contributed by atoms with van der Waals surface area (Å²) < 4.78 is 5.45. The highest BCUT2D eigenvalue weighted by molar-refractivity contribution is 5.69. The quantitative estimate of drug-likeness (QED) is 0.148. The van der Waals surface area contributed by atoms with E-state index in [-0.39, 0.29) is 5.97 Å². The van der Waals surface area contributed by atoms with Gasteiger partial charge in [0.15, 0.2) is 0 Å². The fourth-order valence-corrected chi connectivity index (χ4v) is 10.3. The van der Waals surface area contributed by atoms with Crippen molar-refractivity contribution in [1.29, 1.82) is 0 Å². The Morgan fingerprint density at radius 3 is 2.46 bits per heavy atom. The summed E-state index contributed by atoms with van der Waals surface area (Å²) in [7, 11) is 0. The molecule has 4 aliphatic carbocycles. The molecule has 0 radical (unpaired) electrons. The molecule has 0 aromatic carbocycles. The second kappa shape index (κ2) is 13.0. The summed E-state index contributed by atoms with van der Waals surface area (Å²) in [4.78, 5) is 12.0. The second-order valence-electron chi connectivity index (χ2n) is 14.6. The maximum absolute atomic E-state index is 12.0. The van der Waals surface area contributed by atoms with Gasteiger partial charge in [0.2, 0.25) is 0 Å². The Labute approximate surface area is 230 Å². The van der Waals surface area contributed by atoms with Crippen LogP contribution < -0.4 is 0 Å². The number of allylic oxidation sites excluding steroid dienone is 1. The Balaban J connectivity index is 1.22. The van der Waals surface area contributed by atoms with E-state index in [1.807, 2.05) is 0 Å².